The average Bonchev–Trinajstić information content (AvgIpc) is 1.98. The highest BCUT2D eigenvalue weighted by Gasteiger charge is 2.07. The molecule has 0 fully saturated rings. The quantitative estimate of drug-likeness (QED) is 0.535. The van der Waals surface area contributed by atoms with E-state index >= 15 is 0 Å². The topological polar surface area (TPSA) is 72.5 Å². The van der Waals surface area contributed by atoms with E-state index in [2.05, 4.69) is 10.9 Å². The Morgan fingerprint density at radius 1 is 1.46 bits per heavy atom. The van der Waals surface area contributed by atoms with E-state index in [4.69, 9.17) is 0 Å². The van der Waals surface area contributed by atoms with E-state index in [1.165, 1.54) is 0 Å². The van der Waals surface area contributed by atoms with Crippen LogP contribution in [0.15, 0.2) is 23.6 Å². The van der Waals surface area contributed by atoms with E-state index in [1.807, 2.05) is 0 Å². The lowest BCUT2D eigenvalue weighted by atomic mass is 10.4. The van der Waals surface area contributed by atoms with Crippen molar-refractivity contribution < 1.29 is 17.5 Å². The van der Waals surface area contributed by atoms with E-state index in [-0.39, 0.29) is 0 Å². The zero-order valence-electron chi connectivity index (χ0n) is 7.40. The molecule has 0 spiro atoms. The largest absolute Gasteiger partial charge is 0.310 e. The van der Waals surface area contributed by atoms with Gasteiger partial charge in [0.15, 0.2) is 0 Å². The molecule has 13 heavy (non-hydrogen) atoms. The molecule has 1 amide bonds. The second kappa shape index (κ2) is 4.78. The zero-order valence-corrected chi connectivity index (χ0v) is 8.22. The Morgan fingerprint density at radius 2 is 2.00 bits per heavy atom. The molecule has 0 saturated carbocycles. The van der Waals surface area contributed by atoms with E-state index in [0.29, 0.717) is 5.57 Å². The van der Waals surface area contributed by atoms with Crippen molar-refractivity contribution in [3.63, 3.8) is 0 Å². The fourth-order valence-electron chi connectivity index (χ4n) is 0.454. The third-order valence-corrected chi connectivity index (χ3v) is 1.90. The molecule has 0 aliphatic heterocycles. The second-order valence-electron chi connectivity index (χ2n) is 2.44. The molecule has 1 N–H and O–H groups in total. The number of carbonyl (C=O) groups is 1. The molecule has 6 heteroatoms. The normalized spacial score (nSPS) is 10.3. The maximum absolute atomic E-state index is 10.9. The molecule has 0 rings (SSSR count). The van der Waals surface area contributed by atoms with Gasteiger partial charge in [0.25, 0.3) is 5.91 Å². The maximum Gasteiger partial charge on any atom is 0.310 e. The van der Waals surface area contributed by atoms with Crippen LogP contribution in [0, 0.1) is 0 Å². The highest BCUT2D eigenvalue weighted by atomic mass is 32.2. The zero-order chi connectivity index (χ0) is 10.5. The summed E-state index contributed by atoms with van der Waals surface area (Å²) < 4.78 is 25.9. The molecule has 0 aromatic carbocycles. The first-order valence-electron chi connectivity index (χ1n) is 3.38. The van der Waals surface area contributed by atoms with Gasteiger partial charge in [-0.05, 0) is 19.9 Å². The summed E-state index contributed by atoms with van der Waals surface area (Å²) >= 11 is 0. The number of nitrogens with one attached hydrogen (secondary N) is 1. The molecule has 0 radical (unpaired) electrons. The molecule has 74 valence electrons. The van der Waals surface area contributed by atoms with Crippen molar-refractivity contribution in [3.05, 3.63) is 23.6 Å². The van der Waals surface area contributed by atoms with Crippen molar-refractivity contribution in [3.8, 4) is 0 Å². The first kappa shape index (κ1) is 11.9. The van der Waals surface area contributed by atoms with E-state index in [9.17, 15) is 13.2 Å². The van der Waals surface area contributed by atoms with Crippen LogP contribution in [-0.2, 0) is 19.2 Å². The fourth-order valence-corrected chi connectivity index (χ4v) is 1.28. The Hall–Kier alpha value is -1.14. The number of hydroxylamine groups is 1. The van der Waals surface area contributed by atoms with Crippen LogP contribution >= 0.6 is 0 Å². The SMILES string of the molecule is C=CC(=O)NOS(=O)(=O)C=C(C)C. The van der Waals surface area contributed by atoms with E-state index < -0.39 is 16.0 Å². The van der Waals surface area contributed by atoms with Crippen LogP contribution in [0.3, 0.4) is 0 Å². The Labute approximate surface area is 77.2 Å². The highest BCUT2D eigenvalue weighted by molar-refractivity contribution is 7.89. The summed E-state index contributed by atoms with van der Waals surface area (Å²) in [6, 6.07) is 0. The smallest absolute Gasteiger partial charge is 0.268 e. The summed E-state index contributed by atoms with van der Waals surface area (Å²) in [5, 5.41) is 0.899. The molecule has 0 aromatic heterocycles. The number of hydrogen-bond acceptors (Lipinski definition) is 4. The Balaban J connectivity index is 4.29. The third-order valence-electron chi connectivity index (χ3n) is 0.824. The summed E-state index contributed by atoms with van der Waals surface area (Å²) in [5.41, 5.74) is 2.24. The van der Waals surface area contributed by atoms with Gasteiger partial charge in [-0.15, -0.1) is 4.28 Å². The van der Waals surface area contributed by atoms with Crippen LogP contribution < -0.4 is 5.48 Å². The van der Waals surface area contributed by atoms with Gasteiger partial charge < -0.3 is 0 Å². The predicted octanol–water partition coefficient (Wildman–Crippen LogP) is 0.474. The summed E-state index contributed by atoms with van der Waals surface area (Å²) in [7, 11) is -3.83. The Kier molecular flexibility index (Phi) is 4.36. The standard InChI is InChI=1S/C7H11NO4S/c1-4-7(9)8-12-13(10,11)5-6(2)3/h4-5H,1H2,2-3H3,(H,8,9). The number of amides is 1. The molecule has 0 atom stereocenters. The summed E-state index contributed by atoms with van der Waals surface area (Å²) in [6.45, 7) is 6.31. The van der Waals surface area contributed by atoms with Crippen LogP contribution in [0.4, 0.5) is 0 Å². The minimum Gasteiger partial charge on any atom is -0.268 e. The minimum absolute atomic E-state index is 0.549. The van der Waals surface area contributed by atoms with Crippen LogP contribution in [0.2, 0.25) is 0 Å². The van der Waals surface area contributed by atoms with Crippen molar-refractivity contribution in [2.45, 2.75) is 13.8 Å². The molecule has 0 unspecified atom stereocenters. The van der Waals surface area contributed by atoms with Gasteiger partial charge in [-0.3, -0.25) is 4.79 Å². The first-order chi connectivity index (χ1) is 5.87. The highest BCUT2D eigenvalue weighted by Crippen LogP contribution is 1.98. The van der Waals surface area contributed by atoms with Gasteiger partial charge in [-0.25, -0.2) is 5.48 Å². The Morgan fingerprint density at radius 3 is 2.38 bits per heavy atom. The van der Waals surface area contributed by atoms with Crippen LogP contribution in [0.5, 0.6) is 0 Å². The molecule has 0 bridgehead atoms. The van der Waals surface area contributed by atoms with Gasteiger partial charge in [0.2, 0.25) is 0 Å². The van der Waals surface area contributed by atoms with Crippen LogP contribution in [0.1, 0.15) is 13.8 Å². The van der Waals surface area contributed by atoms with E-state index in [0.717, 1.165) is 11.5 Å². The van der Waals surface area contributed by atoms with Crippen LogP contribution in [0.25, 0.3) is 0 Å². The molecule has 0 aliphatic rings. The predicted molar refractivity (Wildman–Crippen MR) is 47.8 cm³/mol. The number of rotatable bonds is 4. The molecule has 0 saturated heterocycles. The average molecular weight is 205 g/mol. The molecule has 0 aliphatic carbocycles. The van der Waals surface area contributed by atoms with Gasteiger partial charge in [0.1, 0.15) is 0 Å². The lowest BCUT2D eigenvalue weighted by Gasteiger charge is -2.00. The van der Waals surface area contributed by atoms with Gasteiger partial charge in [-0.1, -0.05) is 12.2 Å². The first-order valence-corrected chi connectivity index (χ1v) is 4.85. The monoisotopic (exact) mass is 205 g/mol. The molecule has 0 aromatic rings. The fraction of sp³-hybridized carbons (Fsp3) is 0.286. The molecular weight excluding hydrogens is 194 g/mol. The molecule has 0 heterocycles. The Bertz CT molecular complexity index is 324. The van der Waals surface area contributed by atoms with Gasteiger partial charge in [0, 0.05) is 0 Å². The number of carbonyl (C=O) groups excluding carboxylic acids is 1. The number of hydrogen-bond donors (Lipinski definition) is 1. The van der Waals surface area contributed by atoms with Crippen molar-refractivity contribution in [1.82, 2.24) is 5.48 Å². The van der Waals surface area contributed by atoms with Crippen molar-refractivity contribution in [1.29, 1.82) is 0 Å². The molecular formula is C7H11NO4S. The number of allylic oxidation sites excluding steroid dienone is 1. The van der Waals surface area contributed by atoms with Gasteiger partial charge >= 0.3 is 10.1 Å². The van der Waals surface area contributed by atoms with E-state index in [1.54, 1.807) is 19.3 Å². The molecule has 5 nitrogen and oxygen atoms in total. The third kappa shape index (κ3) is 6.06. The minimum atomic E-state index is -3.83. The lowest BCUT2D eigenvalue weighted by Crippen LogP contribution is -2.24. The summed E-state index contributed by atoms with van der Waals surface area (Å²) in [6.07, 6.45) is 0.901. The van der Waals surface area contributed by atoms with Crippen molar-refractivity contribution in [2.24, 2.45) is 0 Å². The van der Waals surface area contributed by atoms with Gasteiger partial charge in [-0.2, -0.15) is 8.42 Å². The second-order valence-corrected chi connectivity index (χ2v) is 3.83. The maximum atomic E-state index is 10.9. The lowest BCUT2D eigenvalue weighted by molar-refractivity contribution is -0.122. The van der Waals surface area contributed by atoms with Crippen molar-refractivity contribution >= 4 is 16.0 Å². The summed E-state index contributed by atoms with van der Waals surface area (Å²) in [4.78, 5) is 10.5. The van der Waals surface area contributed by atoms with Crippen LogP contribution in [-0.4, -0.2) is 14.3 Å². The summed E-state index contributed by atoms with van der Waals surface area (Å²) in [5.74, 6) is -0.717. The van der Waals surface area contributed by atoms with Gasteiger partial charge in [0.05, 0.1) is 5.41 Å². The van der Waals surface area contributed by atoms with Crippen molar-refractivity contribution in [2.75, 3.05) is 0 Å².